The van der Waals surface area contributed by atoms with Crippen LogP contribution < -0.4 is 0 Å². The van der Waals surface area contributed by atoms with Crippen LogP contribution in [0.15, 0.2) is 12.4 Å². The van der Waals surface area contributed by atoms with E-state index in [9.17, 15) is 0 Å². The Morgan fingerprint density at radius 2 is 1.43 bits per heavy atom. The predicted octanol–water partition coefficient (Wildman–Crippen LogP) is 4.45. The molecule has 0 atom stereocenters. The largest absolute Gasteiger partial charge is 0.241 e. The predicted molar refractivity (Wildman–Crippen MR) is 87.5 cm³/mol. The first-order chi connectivity index (χ1) is 10.3. The van der Waals surface area contributed by atoms with Gasteiger partial charge in [0, 0.05) is 28.6 Å². The van der Waals surface area contributed by atoms with Gasteiger partial charge in [-0.3, -0.25) is 0 Å². The summed E-state index contributed by atoms with van der Waals surface area (Å²) in [4.78, 5) is 9.09. The van der Waals surface area contributed by atoms with Crippen molar-refractivity contribution < 1.29 is 0 Å². The summed E-state index contributed by atoms with van der Waals surface area (Å²) >= 11 is 0. The van der Waals surface area contributed by atoms with Gasteiger partial charge in [-0.05, 0) is 68.8 Å². The van der Waals surface area contributed by atoms with Gasteiger partial charge in [0.1, 0.15) is 5.82 Å². The molecule has 0 spiro atoms. The van der Waals surface area contributed by atoms with Gasteiger partial charge in [-0.1, -0.05) is 18.9 Å². The van der Waals surface area contributed by atoms with E-state index < -0.39 is 0 Å². The van der Waals surface area contributed by atoms with Gasteiger partial charge >= 0.3 is 0 Å². The summed E-state index contributed by atoms with van der Waals surface area (Å²) in [5.74, 6) is 4.61. The highest BCUT2D eigenvalue weighted by molar-refractivity contribution is 6.08. The molecule has 2 aliphatic carbocycles. The lowest BCUT2D eigenvalue weighted by molar-refractivity contribution is 0.164. The third-order valence-electron chi connectivity index (χ3n) is 5.78. The zero-order valence-electron chi connectivity index (χ0n) is 13.2. The van der Waals surface area contributed by atoms with Crippen molar-refractivity contribution >= 4 is 10.2 Å². The van der Waals surface area contributed by atoms with Gasteiger partial charge in [-0.15, -0.1) is 0 Å². The molecule has 3 radical (unpaired) electrons. The molecule has 0 unspecified atom stereocenters. The lowest BCUT2D eigenvalue weighted by atomic mass is 9.69. The van der Waals surface area contributed by atoms with Crippen LogP contribution in [0.25, 0.3) is 0 Å². The number of hydrogen-bond acceptors (Lipinski definition) is 2. The minimum Gasteiger partial charge on any atom is -0.241 e. The number of hydrogen-bond donors (Lipinski definition) is 0. The Morgan fingerprint density at radius 1 is 0.905 bits per heavy atom. The maximum Gasteiger partial charge on any atom is 0.131 e. The van der Waals surface area contributed by atoms with E-state index in [4.69, 9.17) is 0 Å². The highest BCUT2D eigenvalue weighted by atomic mass is 28.1. The van der Waals surface area contributed by atoms with Crippen molar-refractivity contribution in [3.05, 3.63) is 23.8 Å². The molecule has 1 aromatic rings. The highest BCUT2D eigenvalue weighted by Gasteiger charge is 2.31. The normalized spacial score (nSPS) is 33.8. The molecule has 3 heteroatoms. The average molecular weight is 300 g/mol. The first-order valence-corrected chi connectivity index (χ1v) is 9.40. The monoisotopic (exact) mass is 299 g/mol. The molecule has 0 aliphatic heterocycles. The third kappa shape index (κ3) is 3.74. The van der Waals surface area contributed by atoms with E-state index >= 15 is 0 Å². The molecule has 2 aliphatic rings. The zero-order chi connectivity index (χ0) is 14.7. The van der Waals surface area contributed by atoms with Crippen molar-refractivity contribution in [3.63, 3.8) is 0 Å². The molecule has 113 valence electrons. The van der Waals surface area contributed by atoms with Crippen LogP contribution in [0.2, 0.25) is 6.04 Å². The van der Waals surface area contributed by atoms with Crippen molar-refractivity contribution in [1.29, 1.82) is 0 Å². The number of nitrogens with zero attached hydrogens (tertiary/aromatic N) is 2. The van der Waals surface area contributed by atoms with Crippen LogP contribution in [-0.4, -0.2) is 20.2 Å². The van der Waals surface area contributed by atoms with Gasteiger partial charge in [-0.25, -0.2) is 9.97 Å². The van der Waals surface area contributed by atoms with E-state index in [0.717, 1.165) is 29.1 Å². The van der Waals surface area contributed by atoms with Crippen molar-refractivity contribution in [2.75, 3.05) is 0 Å². The van der Waals surface area contributed by atoms with Crippen molar-refractivity contribution in [1.82, 2.24) is 9.97 Å². The first-order valence-electron chi connectivity index (χ1n) is 8.69. The van der Waals surface area contributed by atoms with Crippen LogP contribution in [0.4, 0.5) is 0 Å². The van der Waals surface area contributed by atoms with Crippen LogP contribution in [0.1, 0.15) is 68.7 Å². The fourth-order valence-corrected chi connectivity index (χ4v) is 4.73. The van der Waals surface area contributed by atoms with Crippen LogP contribution in [-0.2, 0) is 0 Å². The summed E-state index contributed by atoms with van der Waals surface area (Å²) in [6, 6.07) is 1.20. The summed E-state index contributed by atoms with van der Waals surface area (Å²) in [5.41, 5.74) is 1.16. The molecule has 1 heterocycles. The Labute approximate surface area is 132 Å². The molecule has 2 nitrogen and oxygen atoms in total. The second-order valence-corrected chi connectivity index (χ2v) is 7.62. The fourth-order valence-electron chi connectivity index (χ4n) is 4.33. The highest BCUT2D eigenvalue weighted by Crippen LogP contribution is 2.43. The molecular formula is C18H27N2Si. The Hall–Kier alpha value is -0.703. The zero-order valence-corrected chi connectivity index (χ0v) is 14.2. The van der Waals surface area contributed by atoms with Gasteiger partial charge in [0.15, 0.2) is 0 Å². The molecule has 2 fully saturated rings. The van der Waals surface area contributed by atoms with Crippen LogP contribution >= 0.6 is 0 Å². The molecule has 0 saturated heterocycles. The maximum atomic E-state index is 4.54. The van der Waals surface area contributed by atoms with E-state index in [1.54, 1.807) is 0 Å². The van der Waals surface area contributed by atoms with Crippen molar-refractivity contribution in [2.45, 2.75) is 70.3 Å². The van der Waals surface area contributed by atoms with Crippen LogP contribution in [0.5, 0.6) is 0 Å². The molecular weight excluding hydrogens is 272 g/mol. The molecule has 1 aromatic heterocycles. The first kappa shape index (κ1) is 15.2. The van der Waals surface area contributed by atoms with E-state index in [2.05, 4.69) is 27.1 Å². The molecule has 3 rings (SSSR count). The van der Waals surface area contributed by atoms with Gasteiger partial charge in [-0.2, -0.15) is 0 Å². The van der Waals surface area contributed by atoms with Gasteiger partial charge in [0.05, 0.1) is 0 Å². The topological polar surface area (TPSA) is 25.8 Å². The van der Waals surface area contributed by atoms with Crippen molar-refractivity contribution in [2.24, 2.45) is 17.8 Å². The smallest absolute Gasteiger partial charge is 0.131 e. The van der Waals surface area contributed by atoms with E-state index in [1.165, 1.54) is 57.4 Å². The average Bonchev–Trinajstić information content (AvgIpc) is 2.56. The minimum absolute atomic E-state index is 0.612. The lowest BCUT2D eigenvalue weighted by Crippen LogP contribution is -2.25. The second-order valence-electron chi connectivity index (χ2n) is 7.22. The Morgan fingerprint density at radius 3 is 1.95 bits per heavy atom. The second kappa shape index (κ2) is 7.04. The Bertz CT molecular complexity index is 429. The molecule has 2 saturated carbocycles. The molecule has 21 heavy (non-hydrogen) atoms. The molecule has 0 bridgehead atoms. The fraction of sp³-hybridized carbons (Fsp3) is 0.778. The van der Waals surface area contributed by atoms with Gasteiger partial charge in [0.2, 0.25) is 0 Å². The summed E-state index contributed by atoms with van der Waals surface area (Å²) in [7, 11) is 3.70. The van der Waals surface area contributed by atoms with Crippen molar-refractivity contribution in [3.8, 4) is 0 Å². The molecule has 0 amide bonds. The Balaban J connectivity index is 1.50. The SMILES string of the molecule is Cc1cnc(C2CCC(C3CCC(C[Si])CC3)CC2)nc1. The third-order valence-corrected chi connectivity index (χ3v) is 6.36. The lowest BCUT2D eigenvalue weighted by Gasteiger charge is -2.37. The van der Waals surface area contributed by atoms with Gasteiger partial charge < -0.3 is 0 Å². The van der Waals surface area contributed by atoms with Crippen LogP contribution in [0, 0.1) is 24.7 Å². The molecule has 0 aromatic carbocycles. The van der Waals surface area contributed by atoms with E-state index in [-0.39, 0.29) is 0 Å². The van der Waals surface area contributed by atoms with E-state index in [1.807, 2.05) is 12.4 Å². The number of aryl methyl sites for hydroxylation is 1. The van der Waals surface area contributed by atoms with E-state index in [0.29, 0.717) is 5.92 Å². The Kier molecular flexibility index (Phi) is 5.09. The summed E-state index contributed by atoms with van der Waals surface area (Å²) in [6.45, 7) is 2.06. The summed E-state index contributed by atoms with van der Waals surface area (Å²) in [5, 5.41) is 0. The summed E-state index contributed by atoms with van der Waals surface area (Å²) in [6.07, 6.45) is 15.1. The minimum atomic E-state index is 0.612. The van der Waals surface area contributed by atoms with Gasteiger partial charge in [0.25, 0.3) is 0 Å². The standard InChI is InChI=1S/C18H27N2Si/c1-13-10-19-18(20-11-13)17-8-6-16(7-9-17)15-4-2-14(12-21)3-5-15/h10-11,14-17H,2-9,12H2,1H3. The van der Waals surface area contributed by atoms with Crippen LogP contribution in [0.3, 0.4) is 0 Å². The maximum absolute atomic E-state index is 4.54. The summed E-state index contributed by atoms with van der Waals surface area (Å²) < 4.78 is 0. The number of aromatic nitrogens is 2. The quantitative estimate of drug-likeness (QED) is 0.771. The number of rotatable bonds is 3. The molecule has 0 N–H and O–H groups in total.